The Morgan fingerprint density at radius 1 is 1.00 bits per heavy atom. The Hall–Kier alpha value is -1.65. The molecule has 4 heteroatoms. The van der Waals surface area contributed by atoms with Crippen LogP contribution < -0.4 is 5.73 Å². The van der Waals surface area contributed by atoms with Crippen molar-refractivity contribution in [2.24, 2.45) is 5.73 Å². The van der Waals surface area contributed by atoms with Gasteiger partial charge in [0.15, 0.2) is 9.84 Å². The molecule has 0 bridgehead atoms. The second kappa shape index (κ2) is 5.52. The Labute approximate surface area is 132 Å². The highest BCUT2D eigenvalue weighted by molar-refractivity contribution is 7.92. The van der Waals surface area contributed by atoms with Gasteiger partial charge in [-0.25, -0.2) is 8.42 Å². The van der Waals surface area contributed by atoms with Gasteiger partial charge >= 0.3 is 0 Å². The fraction of sp³-hybridized carbons (Fsp3) is 0.333. The lowest BCUT2D eigenvalue weighted by Crippen LogP contribution is -2.15. The molecule has 3 nitrogen and oxygen atoms in total. The maximum absolute atomic E-state index is 12.7. The average Bonchev–Trinajstić information content (AvgIpc) is 3.20. The molecule has 1 fully saturated rings. The summed E-state index contributed by atoms with van der Waals surface area (Å²) in [6, 6.07) is 14.8. The number of hydrogen-bond acceptors (Lipinski definition) is 3. The summed E-state index contributed by atoms with van der Waals surface area (Å²) >= 11 is 0. The molecule has 2 aromatic carbocycles. The van der Waals surface area contributed by atoms with E-state index in [4.69, 9.17) is 5.73 Å². The summed E-state index contributed by atoms with van der Waals surface area (Å²) in [5.41, 5.74) is 9.40. The van der Waals surface area contributed by atoms with Gasteiger partial charge in [0, 0.05) is 12.0 Å². The Balaban J connectivity index is 1.87. The standard InChI is InChI=1S/C18H21NO2S/c1-3-13-6-8-14(9-7-13)16-17(19)18(16)22(20,21)15-10-4-12(2)5-11-15/h4-11,16-18H,3,19H2,1-2H3/t16-,17-,18+/m1/s1. The van der Waals surface area contributed by atoms with E-state index in [1.165, 1.54) is 5.56 Å². The molecule has 0 amide bonds. The second-order valence-electron chi connectivity index (χ2n) is 6.02. The molecule has 0 radical (unpaired) electrons. The molecule has 0 aromatic heterocycles. The maximum atomic E-state index is 12.7. The predicted molar refractivity (Wildman–Crippen MR) is 88.7 cm³/mol. The Morgan fingerprint density at radius 2 is 1.59 bits per heavy atom. The Kier molecular flexibility index (Phi) is 3.83. The number of sulfone groups is 1. The van der Waals surface area contributed by atoms with Gasteiger partial charge in [-0.05, 0) is 36.6 Å². The van der Waals surface area contributed by atoms with Crippen molar-refractivity contribution in [3.63, 3.8) is 0 Å². The van der Waals surface area contributed by atoms with Crippen LogP contribution in [0.15, 0.2) is 53.4 Å². The van der Waals surface area contributed by atoms with E-state index in [9.17, 15) is 8.42 Å². The van der Waals surface area contributed by atoms with Crippen molar-refractivity contribution in [2.45, 2.75) is 42.4 Å². The summed E-state index contributed by atoms with van der Waals surface area (Å²) in [5, 5.41) is -0.511. The van der Waals surface area contributed by atoms with Gasteiger partial charge in [-0.2, -0.15) is 0 Å². The van der Waals surface area contributed by atoms with Gasteiger partial charge in [-0.3, -0.25) is 0 Å². The van der Waals surface area contributed by atoms with Crippen LogP contribution in [-0.4, -0.2) is 19.7 Å². The van der Waals surface area contributed by atoms with Gasteiger partial charge in [0.2, 0.25) is 0 Å². The number of nitrogens with two attached hydrogens (primary N) is 1. The quantitative estimate of drug-likeness (QED) is 0.944. The van der Waals surface area contributed by atoms with Crippen molar-refractivity contribution in [3.8, 4) is 0 Å². The maximum Gasteiger partial charge on any atom is 0.183 e. The summed E-state index contributed by atoms with van der Waals surface area (Å²) in [4.78, 5) is 0.367. The molecule has 1 aliphatic rings. The minimum Gasteiger partial charge on any atom is -0.326 e. The van der Waals surface area contributed by atoms with E-state index in [-0.39, 0.29) is 12.0 Å². The van der Waals surface area contributed by atoms with E-state index < -0.39 is 15.1 Å². The predicted octanol–water partition coefficient (Wildman–Crippen LogP) is 2.82. The van der Waals surface area contributed by atoms with Gasteiger partial charge < -0.3 is 5.73 Å². The molecular formula is C18H21NO2S. The van der Waals surface area contributed by atoms with Crippen LogP contribution in [0.2, 0.25) is 0 Å². The molecule has 0 heterocycles. The molecule has 2 N–H and O–H groups in total. The highest BCUT2D eigenvalue weighted by Crippen LogP contribution is 2.47. The van der Waals surface area contributed by atoms with Crippen LogP contribution in [0.3, 0.4) is 0 Å². The molecule has 0 aliphatic heterocycles. The highest BCUT2D eigenvalue weighted by atomic mass is 32.2. The van der Waals surface area contributed by atoms with Crippen molar-refractivity contribution in [2.75, 3.05) is 0 Å². The van der Waals surface area contributed by atoms with Crippen LogP contribution in [0, 0.1) is 6.92 Å². The molecule has 22 heavy (non-hydrogen) atoms. The minimum absolute atomic E-state index is 0.0998. The molecule has 2 aromatic rings. The highest BCUT2D eigenvalue weighted by Gasteiger charge is 2.57. The van der Waals surface area contributed by atoms with Crippen molar-refractivity contribution < 1.29 is 8.42 Å². The van der Waals surface area contributed by atoms with E-state index in [0.717, 1.165) is 17.5 Å². The largest absolute Gasteiger partial charge is 0.326 e. The molecule has 0 unspecified atom stereocenters. The normalized spacial score (nSPS) is 24.2. The molecule has 0 spiro atoms. The van der Waals surface area contributed by atoms with Crippen LogP contribution in [0.4, 0.5) is 0 Å². The summed E-state index contributed by atoms with van der Waals surface area (Å²) < 4.78 is 25.5. The van der Waals surface area contributed by atoms with Crippen LogP contribution in [-0.2, 0) is 16.3 Å². The second-order valence-corrected chi connectivity index (χ2v) is 8.13. The van der Waals surface area contributed by atoms with Crippen LogP contribution in [0.25, 0.3) is 0 Å². The number of rotatable bonds is 4. The molecule has 1 aliphatic carbocycles. The van der Waals surface area contributed by atoms with Crippen molar-refractivity contribution >= 4 is 9.84 Å². The fourth-order valence-electron chi connectivity index (χ4n) is 2.98. The molecule has 3 atom stereocenters. The number of benzene rings is 2. The summed E-state index contributed by atoms with van der Waals surface area (Å²) in [7, 11) is -3.37. The Bertz CT molecular complexity index is 764. The number of aryl methyl sites for hydroxylation is 2. The molecule has 116 valence electrons. The van der Waals surface area contributed by atoms with Crippen LogP contribution in [0.1, 0.15) is 29.5 Å². The minimum atomic E-state index is -3.37. The van der Waals surface area contributed by atoms with Crippen molar-refractivity contribution in [1.82, 2.24) is 0 Å². The first kappa shape index (κ1) is 15.3. The van der Waals surface area contributed by atoms with Gasteiger partial charge in [0.25, 0.3) is 0 Å². The van der Waals surface area contributed by atoms with Crippen LogP contribution >= 0.6 is 0 Å². The van der Waals surface area contributed by atoms with E-state index in [1.54, 1.807) is 12.1 Å². The first-order valence-electron chi connectivity index (χ1n) is 7.60. The zero-order chi connectivity index (χ0) is 15.9. The third-order valence-electron chi connectivity index (χ3n) is 4.49. The van der Waals surface area contributed by atoms with E-state index in [2.05, 4.69) is 19.1 Å². The van der Waals surface area contributed by atoms with Crippen molar-refractivity contribution in [1.29, 1.82) is 0 Å². The summed E-state index contributed by atoms with van der Waals surface area (Å²) in [6.45, 7) is 4.04. The zero-order valence-corrected chi connectivity index (χ0v) is 13.7. The monoisotopic (exact) mass is 315 g/mol. The van der Waals surface area contributed by atoms with Crippen molar-refractivity contribution in [3.05, 3.63) is 65.2 Å². The van der Waals surface area contributed by atoms with Gasteiger partial charge in [0.1, 0.15) is 0 Å². The first-order valence-corrected chi connectivity index (χ1v) is 9.14. The third-order valence-corrected chi connectivity index (χ3v) is 6.74. The van der Waals surface area contributed by atoms with E-state index in [1.807, 2.05) is 31.2 Å². The Morgan fingerprint density at radius 3 is 2.14 bits per heavy atom. The van der Waals surface area contributed by atoms with E-state index in [0.29, 0.717) is 4.90 Å². The van der Waals surface area contributed by atoms with E-state index >= 15 is 0 Å². The lowest BCUT2D eigenvalue weighted by Gasteiger charge is -2.05. The van der Waals surface area contributed by atoms with Gasteiger partial charge in [0.05, 0.1) is 10.1 Å². The molecule has 1 saturated carbocycles. The first-order chi connectivity index (χ1) is 10.4. The lowest BCUT2D eigenvalue weighted by molar-refractivity contribution is 0.593. The third kappa shape index (κ3) is 2.57. The smallest absolute Gasteiger partial charge is 0.183 e. The summed E-state index contributed by atoms with van der Waals surface area (Å²) in [5.74, 6) is -0.0998. The number of hydrogen-bond donors (Lipinski definition) is 1. The molecule has 3 rings (SSSR count). The molecule has 0 saturated heterocycles. The SMILES string of the molecule is CCc1ccc([C@@H]2[C@@H](N)[C@H]2S(=O)(=O)c2ccc(C)cc2)cc1. The zero-order valence-electron chi connectivity index (χ0n) is 12.9. The topological polar surface area (TPSA) is 60.2 Å². The lowest BCUT2D eigenvalue weighted by atomic mass is 10.1. The fourth-order valence-corrected chi connectivity index (χ4v) is 5.02. The van der Waals surface area contributed by atoms with Gasteiger partial charge in [-0.15, -0.1) is 0 Å². The average molecular weight is 315 g/mol. The molecular weight excluding hydrogens is 294 g/mol. The summed E-state index contributed by atoms with van der Waals surface area (Å²) in [6.07, 6.45) is 0.974. The van der Waals surface area contributed by atoms with Gasteiger partial charge in [-0.1, -0.05) is 48.9 Å². The van der Waals surface area contributed by atoms with Crippen LogP contribution in [0.5, 0.6) is 0 Å².